The van der Waals surface area contributed by atoms with Crippen LogP contribution in [0.5, 0.6) is 0 Å². The quantitative estimate of drug-likeness (QED) is 0.522. The molecule has 55 valence electrons. The van der Waals surface area contributed by atoms with Crippen molar-refractivity contribution in [3.63, 3.8) is 0 Å². The Morgan fingerprint density at radius 2 is 1.90 bits per heavy atom. The Kier molecular flexibility index (Phi) is 5.10. The third-order valence-electron chi connectivity index (χ3n) is 1.44. The molecule has 0 bridgehead atoms. The van der Waals surface area contributed by atoms with Gasteiger partial charge in [-0.05, 0) is 13.3 Å². The molecule has 10 heavy (non-hydrogen) atoms. The molecule has 1 heteroatoms. The SMILES string of the molecule is CC=C(C)[B]C(C)=CCC. The topological polar surface area (TPSA) is 0 Å². The van der Waals surface area contributed by atoms with E-state index in [9.17, 15) is 0 Å². The molecule has 0 amide bonds. The molecule has 0 aliphatic rings. The van der Waals surface area contributed by atoms with Gasteiger partial charge in [0.2, 0.25) is 0 Å². The van der Waals surface area contributed by atoms with Crippen LogP contribution >= 0.6 is 0 Å². The Morgan fingerprint density at radius 3 is 2.30 bits per heavy atom. The molecule has 0 nitrogen and oxygen atoms in total. The van der Waals surface area contributed by atoms with Gasteiger partial charge in [0, 0.05) is 0 Å². The van der Waals surface area contributed by atoms with E-state index in [0.717, 1.165) is 6.42 Å². The van der Waals surface area contributed by atoms with Gasteiger partial charge in [-0.15, -0.1) is 10.9 Å². The van der Waals surface area contributed by atoms with Crippen molar-refractivity contribution >= 4 is 7.28 Å². The highest BCUT2D eigenvalue weighted by Gasteiger charge is 1.92. The van der Waals surface area contributed by atoms with E-state index in [1.165, 1.54) is 10.9 Å². The van der Waals surface area contributed by atoms with E-state index in [1.54, 1.807) is 0 Å². The minimum Gasteiger partial charge on any atom is -0.110 e. The lowest BCUT2D eigenvalue weighted by molar-refractivity contribution is 1.21. The van der Waals surface area contributed by atoms with Crippen molar-refractivity contribution in [2.45, 2.75) is 34.1 Å². The van der Waals surface area contributed by atoms with Crippen LogP contribution in [0, 0.1) is 0 Å². The van der Waals surface area contributed by atoms with Crippen LogP contribution in [0.15, 0.2) is 23.1 Å². The van der Waals surface area contributed by atoms with Crippen LogP contribution in [-0.2, 0) is 0 Å². The van der Waals surface area contributed by atoms with E-state index >= 15 is 0 Å². The molecular weight excluding hydrogens is 119 g/mol. The van der Waals surface area contributed by atoms with Gasteiger partial charge in [-0.3, -0.25) is 0 Å². The van der Waals surface area contributed by atoms with Gasteiger partial charge in [0.05, 0.1) is 0 Å². The molecule has 0 saturated heterocycles. The summed E-state index contributed by atoms with van der Waals surface area (Å²) in [7, 11) is 2.20. The predicted molar refractivity (Wildman–Crippen MR) is 49.2 cm³/mol. The molecule has 0 spiro atoms. The first-order valence-electron chi connectivity index (χ1n) is 3.85. The Labute approximate surface area is 65.3 Å². The standard InChI is InChI=1S/C9H16B/c1-5-7-9(4)10-8(3)6-2/h6-7H,5H2,1-4H3. The van der Waals surface area contributed by atoms with E-state index in [4.69, 9.17) is 0 Å². The maximum Gasteiger partial charge on any atom is 0.178 e. The van der Waals surface area contributed by atoms with Gasteiger partial charge in [-0.2, -0.15) is 0 Å². The van der Waals surface area contributed by atoms with Crippen molar-refractivity contribution in [2.24, 2.45) is 0 Å². The second kappa shape index (κ2) is 5.34. The molecule has 0 heterocycles. The highest BCUT2D eigenvalue weighted by Crippen LogP contribution is 1.99. The molecule has 0 unspecified atom stereocenters. The van der Waals surface area contributed by atoms with Crippen molar-refractivity contribution in [1.82, 2.24) is 0 Å². The number of hydrogen-bond donors (Lipinski definition) is 0. The first-order chi connectivity index (χ1) is 4.70. The Morgan fingerprint density at radius 1 is 1.30 bits per heavy atom. The highest BCUT2D eigenvalue weighted by molar-refractivity contribution is 6.53. The lowest BCUT2D eigenvalue weighted by atomic mass is 9.63. The Bertz CT molecular complexity index is 143. The van der Waals surface area contributed by atoms with Crippen molar-refractivity contribution in [1.29, 1.82) is 0 Å². The monoisotopic (exact) mass is 135 g/mol. The van der Waals surface area contributed by atoms with Gasteiger partial charge in [0.15, 0.2) is 7.28 Å². The number of rotatable bonds is 3. The lowest BCUT2D eigenvalue weighted by Gasteiger charge is -1.97. The molecule has 0 rings (SSSR count). The Balaban J connectivity index is 3.79. The third-order valence-corrected chi connectivity index (χ3v) is 1.44. The maximum atomic E-state index is 2.23. The fourth-order valence-electron chi connectivity index (χ4n) is 0.823. The molecule has 0 aromatic heterocycles. The van der Waals surface area contributed by atoms with Crippen LogP contribution < -0.4 is 0 Å². The normalized spacial score (nSPS) is 13.6. The van der Waals surface area contributed by atoms with Gasteiger partial charge < -0.3 is 0 Å². The molecular formula is C9H16B. The molecule has 0 atom stereocenters. The van der Waals surface area contributed by atoms with Crippen LogP contribution in [0.1, 0.15) is 34.1 Å². The number of allylic oxidation sites excluding steroid dienone is 4. The fourth-order valence-corrected chi connectivity index (χ4v) is 0.823. The average Bonchev–Trinajstić information content (AvgIpc) is 1.88. The maximum absolute atomic E-state index is 2.23. The predicted octanol–water partition coefficient (Wildman–Crippen LogP) is 2.93. The van der Waals surface area contributed by atoms with Crippen molar-refractivity contribution in [3.05, 3.63) is 23.1 Å². The molecule has 0 aliphatic carbocycles. The summed E-state index contributed by atoms with van der Waals surface area (Å²) in [6.07, 6.45) is 5.47. The molecule has 0 saturated carbocycles. The van der Waals surface area contributed by atoms with Gasteiger partial charge in [-0.25, -0.2) is 0 Å². The van der Waals surface area contributed by atoms with Crippen molar-refractivity contribution < 1.29 is 0 Å². The molecule has 0 aliphatic heterocycles. The van der Waals surface area contributed by atoms with E-state index in [2.05, 4.69) is 47.1 Å². The lowest BCUT2D eigenvalue weighted by Crippen LogP contribution is -1.94. The van der Waals surface area contributed by atoms with E-state index < -0.39 is 0 Å². The minimum absolute atomic E-state index is 1.12. The van der Waals surface area contributed by atoms with E-state index in [1.807, 2.05) is 0 Å². The summed E-state index contributed by atoms with van der Waals surface area (Å²) in [5, 5.41) is 0. The van der Waals surface area contributed by atoms with Gasteiger partial charge >= 0.3 is 0 Å². The zero-order valence-electron chi connectivity index (χ0n) is 7.44. The molecule has 1 radical (unpaired) electrons. The average molecular weight is 135 g/mol. The van der Waals surface area contributed by atoms with Crippen LogP contribution in [0.2, 0.25) is 0 Å². The third kappa shape index (κ3) is 4.43. The minimum atomic E-state index is 1.12. The van der Waals surface area contributed by atoms with Gasteiger partial charge in [0.25, 0.3) is 0 Å². The van der Waals surface area contributed by atoms with Crippen LogP contribution in [0.3, 0.4) is 0 Å². The van der Waals surface area contributed by atoms with Crippen molar-refractivity contribution in [2.75, 3.05) is 0 Å². The summed E-state index contributed by atoms with van der Waals surface area (Å²) >= 11 is 0. The van der Waals surface area contributed by atoms with Gasteiger partial charge in [-0.1, -0.05) is 32.9 Å². The van der Waals surface area contributed by atoms with E-state index in [-0.39, 0.29) is 0 Å². The summed E-state index contributed by atoms with van der Waals surface area (Å²) in [5.41, 5.74) is 2.69. The smallest absolute Gasteiger partial charge is 0.110 e. The van der Waals surface area contributed by atoms with E-state index in [0.29, 0.717) is 0 Å². The second-order valence-corrected chi connectivity index (χ2v) is 2.53. The van der Waals surface area contributed by atoms with Crippen LogP contribution in [0.25, 0.3) is 0 Å². The molecule has 0 N–H and O–H groups in total. The molecule has 0 fully saturated rings. The number of hydrogen-bond acceptors (Lipinski definition) is 0. The second-order valence-electron chi connectivity index (χ2n) is 2.53. The first-order valence-corrected chi connectivity index (χ1v) is 3.85. The van der Waals surface area contributed by atoms with Crippen LogP contribution in [0.4, 0.5) is 0 Å². The first kappa shape index (κ1) is 9.54. The molecule has 0 aromatic carbocycles. The van der Waals surface area contributed by atoms with Crippen molar-refractivity contribution in [3.8, 4) is 0 Å². The zero-order chi connectivity index (χ0) is 7.98. The molecule has 0 aromatic rings. The summed E-state index contributed by atoms with van der Waals surface area (Å²) in [5.74, 6) is 0. The Hall–Kier alpha value is -0.455. The largest absolute Gasteiger partial charge is 0.178 e. The summed E-state index contributed by atoms with van der Waals surface area (Å²) in [4.78, 5) is 0. The van der Waals surface area contributed by atoms with Crippen LogP contribution in [-0.4, -0.2) is 7.28 Å². The van der Waals surface area contributed by atoms with Gasteiger partial charge in [0.1, 0.15) is 0 Å². The highest BCUT2D eigenvalue weighted by atomic mass is 13.8. The summed E-state index contributed by atoms with van der Waals surface area (Å²) in [6, 6.07) is 0. The zero-order valence-corrected chi connectivity index (χ0v) is 7.44. The summed E-state index contributed by atoms with van der Waals surface area (Å²) < 4.78 is 0. The summed E-state index contributed by atoms with van der Waals surface area (Å²) in [6.45, 7) is 8.47. The fraction of sp³-hybridized carbons (Fsp3) is 0.556.